The molecule has 1 radical (unpaired) electrons. The zero-order valence-electron chi connectivity index (χ0n) is 6.57. The normalized spacial score (nSPS) is 15.4. The van der Waals surface area contributed by atoms with Crippen LogP contribution in [0.15, 0.2) is 12.3 Å². The fourth-order valence-corrected chi connectivity index (χ4v) is 1.11. The summed E-state index contributed by atoms with van der Waals surface area (Å²) >= 11 is 0. The predicted molar refractivity (Wildman–Crippen MR) is 41.7 cm³/mol. The van der Waals surface area contributed by atoms with Crippen molar-refractivity contribution in [3.05, 3.63) is 23.9 Å². The Labute approximate surface area is 69.8 Å². The van der Waals surface area contributed by atoms with Crippen molar-refractivity contribution >= 4 is 11.9 Å². The first-order valence-corrected chi connectivity index (χ1v) is 3.54. The van der Waals surface area contributed by atoms with E-state index in [9.17, 15) is 4.79 Å². The monoisotopic (exact) mass is 163 g/mol. The maximum absolute atomic E-state index is 11.0. The summed E-state index contributed by atoms with van der Waals surface area (Å²) < 4.78 is 4.84. The van der Waals surface area contributed by atoms with E-state index in [4.69, 9.17) is 4.74 Å². The van der Waals surface area contributed by atoms with Crippen LogP contribution in [0.25, 0.3) is 0 Å². The van der Waals surface area contributed by atoms with Crippen molar-refractivity contribution < 1.29 is 9.53 Å². The average molecular weight is 163 g/mol. The summed E-state index contributed by atoms with van der Waals surface area (Å²) in [6.45, 7) is 0.294. The van der Waals surface area contributed by atoms with Crippen LogP contribution < -0.4 is 4.90 Å². The summed E-state index contributed by atoms with van der Waals surface area (Å²) in [5, 5.41) is 0. The topological polar surface area (TPSA) is 42.4 Å². The number of cyclic esters (lactones) is 1. The molecule has 1 aliphatic rings. The largest absolute Gasteiger partial charge is 0.444 e. The van der Waals surface area contributed by atoms with E-state index in [1.165, 1.54) is 11.1 Å². The minimum atomic E-state index is -0.360. The standard InChI is InChI=1S/C8H7N2O2/c1-10-7-6(3-2-4-9-7)5-12-8(10)11/h3-4H,5H2,1H3. The molecule has 0 N–H and O–H groups in total. The Hall–Kier alpha value is -1.58. The molecule has 4 heteroatoms. The molecule has 2 rings (SSSR count). The van der Waals surface area contributed by atoms with Gasteiger partial charge in [-0.05, 0) is 6.07 Å². The van der Waals surface area contributed by atoms with Gasteiger partial charge >= 0.3 is 6.09 Å². The molecule has 0 saturated heterocycles. The third kappa shape index (κ3) is 0.922. The number of aromatic nitrogens is 1. The molecule has 0 aromatic carbocycles. The van der Waals surface area contributed by atoms with Crippen LogP contribution in [0, 0.1) is 6.07 Å². The number of hydrogen-bond acceptors (Lipinski definition) is 3. The Balaban J connectivity index is 2.48. The Morgan fingerprint density at radius 3 is 3.42 bits per heavy atom. The van der Waals surface area contributed by atoms with Gasteiger partial charge in [-0.15, -0.1) is 0 Å². The first-order valence-electron chi connectivity index (χ1n) is 3.54. The number of rotatable bonds is 0. The van der Waals surface area contributed by atoms with Gasteiger partial charge in [-0.2, -0.15) is 0 Å². The molecule has 0 aliphatic carbocycles. The van der Waals surface area contributed by atoms with Crippen LogP contribution in [0.4, 0.5) is 10.6 Å². The Kier molecular flexibility index (Phi) is 1.46. The minimum absolute atomic E-state index is 0.294. The van der Waals surface area contributed by atoms with Gasteiger partial charge in [0.05, 0.1) is 0 Å². The Bertz CT molecular complexity index is 325. The molecular weight excluding hydrogens is 156 g/mol. The molecule has 61 valence electrons. The second kappa shape index (κ2) is 2.48. The predicted octanol–water partition coefficient (Wildman–Crippen LogP) is 0.968. The number of amides is 1. The van der Waals surface area contributed by atoms with E-state index in [0.29, 0.717) is 12.4 Å². The van der Waals surface area contributed by atoms with Gasteiger partial charge in [-0.1, -0.05) is 0 Å². The van der Waals surface area contributed by atoms with E-state index < -0.39 is 0 Å². The number of pyridine rings is 1. The summed E-state index contributed by atoms with van der Waals surface area (Å²) in [7, 11) is 1.63. The molecule has 0 fully saturated rings. The van der Waals surface area contributed by atoms with Gasteiger partial charge in [0.2, 0.25) is 0 Å². The summed E-state index contributed by atoms with van der Waals surface area (Å²) in [5.74, 6) is 0.657. The fourth-order valence-electron chi connectivity index (χ4n) is 1.11. The third-order valence-electron chi connectivity index (χ3n) is 1.75. The highest BCUT2D eigenvalue weighted by atomic mass is 16.6. The molecule has 12 heavy (non-hydrogen) atoms. The van der Waals surface area contributed by atoms with Crippen molar-refractivity contribution in [3.63, 3.8) is 0 Å². The summed E-state index contributed by atoms with van der Waals surface area (Å²) in [6.07, 6.45) is 1.18. The molecule has 0 atom stereocenters. The second-order valence-electron chi connectivity index (χ2n) is 2.53. The number of ether oxygens (including phenoxy) is 1. The molecule has 1 aromatic rings. The Morgan fingerprint density at radius 1 is 1.75 bits per heavy atom. The van der Waals surface area contributed by atoms with Crippen LogP contribution in [0.1, 0.15) is 5.56 Å². The fraction of sp³-hybridized carbons (Fsp3) is 0.250. The molecule has 0 saturated carbocycles. The molecule has 1 aromatic heterocycles. The zero-order valence-corrected chi connectivity index (χ0v) is 6.57. The molecule has 4 nitrogen and oxygen atoms in total. The lowest BCUT2D eigenvalue weighted by atomic mass is 10.2. The van der Waals surface area contributed by atoms with Crippen molar-refractivity contribution in [3.8, 4) is 0 Å². The van der Waals surface area contributed by atoms with E-state index in [1.54, 1.807) is 13.1 Å². The third-order valence-corrected chi connectivity index (χ3v) is 1.75. The number of carbonyl (C=O) groups is 1. The number of nitrogens with zero attached hydrogens (tertiary/aromatic N) is 2. The lowest BCUT2D eigenvalue weighted by Gasteiger charge is -2.23. The number of carbonyl (C=O) groups excluding carboxylic acids is 1. The highest BCUT2D eigenvalue weighted by Gasteiger charge is 2.22. The molecule has 1 amide bonds. The Morgan fingerprint density at radius 2 is 2.58 bits per heavy atom. The first kappa shape index (κ1) is 7.09. The molecule has 1 aliphatic heterocycles. The molecule has 0 spiro atoms. The quantitative estimate of drug-likeness (QED) is 0.572. The SMILES string of the molecule is CN1C(=O)OCc2c[c]cnc21. The summed E-state index contributed by atoms with van der Waals surface area (Å²) in [6, 6.07) is 4.60. The van der Waals surface area contributed by atoms with Crippen LogP contribution >= 0.6 is 0 Å². The van der Waals surface area contributed by atoms with Crippen LogP contribution in [0.3, 0.4) is 0 Å². The van der Waals surface area contributed by atoms with Gasteiger partial charge in [-0.3, -0.25) is 4.90 Å². The lowest BCUT2D eigenvalue weighted by molar-refractivity contribution is 0.143. The minimum Gasteiger partial charge on any atom is -0.444 e. The van der Waals surface area contributed by atoms with Crippen molar-refractivity contribution in [2.45, 2.75) is 6.61 Å². The maximum atomic E-state index is 11.0. The number of hydrogen-bond donors (Lipinski definition) is 0. The van der Waals surface area contributed by atoms with E-state index in [0.717, 1.165) is 5.56 Å². The molecule has 2 heterocycles. The maximum Gasteiger partial charge on any atom is 0.415 e. The summed E-state index contributed by atoms with van der Waals surface area (Å²) in [5.41, 5.74) is 0.889. The van der Waals surface area contributed by atoms with Gasteiger partial charge in [0, 0.05) is 24.9 Å². The van der Waals surface area contributed by atoms with E-state index in [2.05, 4.69) is 11.1 Å². The van der Waals surface area contributed by atoms with Crippen LogP contribution in [0.5, 0.6) is 0 Å². The highest BCUT2D eigenvalue weighted by Crippen LogP contribution is 2.21. The molecule has 0 bridgehead atoms. The van der Waals surface area contributed by atoms with Crippen molar-refractivity contribution in [1.82, 2.24) is 4.98 Å². The second-order valence-corrected chi connectivity index (χ2v) is 2.53. The van der Waals surface area contributed by atoms with E-state index in [-0.39, 0.29) is 6.09 Å². The van der Waals surface area contributed by atoms with Gasteiger partial charge in [0.25, 0.3) is 0 Å². The van der Waals surface area contributed by atoms with Crippen LogP contribution in [-0.2, 0) is 11.3 Å². The number of fused-ring (bicyclic) bond motifs is 1. The van der Waals surface area contributed by atoms with E-state index >= 15 is 0 Å². The first-order chi connectivity index (χ1) is 5.79. The van der Waals surface area contributed by atoms with Crippen LogP contribution in [-0.4, -0.2) is 18.1 Å². The van der Waals surface area contributed by atoms with Gasteiger partial charge in [0.1, 0.15) is 12.4 Å². The van der Waals surface area contributed by atoms with Gasteiger partial charge in [-0.25, -0.2) is 9.78 Å². The smallest absolute Gasteiger partial charge is 0.415 e. The highest BCUT2D eigenvalue weighted by molar-refractivity contribution is 5.88. The van der Waals surface area contributed by atoms with Crippen molar-refractivity contribution in [1.29, 1.82) is 0 Å². The molecule has 0 unspecified atom stereocenters. The van der Waals surface area contributed by atoms with Gasteiger partial charge in [0.15, 0.2) is 0 Å². The van der Waals surface area contributed by atoms with Crippen molar-refractivity contribution in [2.24, 2.45) is 0 Å². The molecular formula is C8H7N2O2. The van der Waals surface area contributed by atoms with Crippen LogP contribution in [0.2, 0.25) is 0 Å². The number of anilines is 1. The van der Waals surface area contributed by atoms with E-state index in [1.807, 2.05) is 0 Å². The lowest BCUT2D eigenvalue weighted by Crippen LogP contribution is -2.32. The van der Waals surface area contributed by atoms with Crippen molar-refractivity contribution in [2.75, 3.05) is 11.9 Å². The summed E-state index contributed by atoms with van der Waals surface area (Å²) in [4.78, 5) is 16.4. The zero-order chi connectivity index (χ0) is 8.55. The average Bonchev–Trinajstić information content (AvgIpc) is 2.12. The van der Waals surface area contributed by atoms with Gasteiger partial charge < -0.3 is 4.74 Å².